The maximum absolute atomic E-state index is 3.84. The Bertz CT molecular complexity index is 154. The fraction of sp³-hybridized carbons (Fsp3) is 0.444. The molecule has 1 nitrogen and oxygen atoms in total. The maximum atomic E-state index is 3.84. The number of rotatable bonds is 4. The highest BCUT2D eigenvalue weighted by Crippen LogP contribution is 2.12. The van der Waals surface area contributed by atoms with Crippen LogP contribution in [0.1, 0.15) is 26.7 Å². The SMILES string of the molecule is C=N/C=C(/CCC)C(=C)C. The molecule has 0 aliphatic heterocycles. The lowest BCUT2D eigenvalue weighted by Gasteiger charge is -2.01. The fourth-order valence-electron chi connectivity index (χ4n) is 0.768. The highest BCUT2D eigenvalue weighted by atomic mass is 14.6. The lowest BCUT2D eigenvalue weighted by atomic mass is 10.1. The van der Waals surface area contributed by atoms with Crippen LogP contribution in [0.2, 0.25) is 0 Å². The molecule has 0 N–H and O–H groups in total. The largest absolute Gasteiger partial charge is 0.272 e. The molecule has 0 spiro atoms. The molecule has 0 rings (SSSR count). The monoisotopic (exact) mass is 137 g/mol. The van der Waals surface area contributed by atoms with Crippen molar-refractivity contribution >= 4 is 6.72 Å². The molecule has 0 atom stereocenters. The highest BCUT2D eigenvalue weighted by Gasteiger charge is 1.93. The Morgan fingerprint density at radius 2 is 2.20 bits per heavy atom. The average molecular weight is 137 g/mol. The van der Waals surface area contributed by atoms with E-state index in [-0.39, 0.29) is 0 Å². The second-order valence-corrected chi connectivity index (χ2v) is 2.37. The number of hydrogen-bond acceptors (Lipinski definition) is 1. The van der Waals surface area contributed by atoms with Gasteiger partial charge in [-0.1, -0.05) is 25.5 Å². The first kappa shape index (κ1) is 9.15. The molecule has 0 unspecified atom stereocenters. The van der Waals surface area contributed by atoms with E-state index in [1.54, 1.807) is 6.20 Å². The predicted molar refractivity (Wildman–Crippen MR) is 47.4 cm³/mol. The molecular formula is C9H15N. The Labute approximate surface area is 63.2 Å². The van der Waals surface area contributed by atoms with E-state index >= 15 is 0 Å². The van der Waals surface area contributed by atoms with Crippen LogP contribution in [0.15, 0.2) is 28.9 Å². The van der Waals surface area contributed by atoms with Crippen LogP contribution in [0.25, 0.3) is 0 Å². The number of aliphatic imine (C=N–C) groups is 1. The average Bonchev–Trinajstić information content (AvgIpc) is 1.87. The molecule has 0 radical (unpaired) electrons. The minimum absolute atomic E-state index is 1.05. The summed E-state index contributed by atoms with van der Waals surface area (Å²) < 4.78 is 0. The van der Waals surface area contributed by atoms with Gasteiger partial charge in [0.05, 0.1) is 0 Å². The van der Waals surface area contributed by atoms with Crippen molar-refractivity contribution in [2.45, 2.75) is 26.7 Å². The van der Waals surface area contributed by atoms with Gasteiger partial charge in [0.1, 0.15) is 0 Å². The Morgan fingerprint density at radius 3 is 2.50 bits per heavy atom. The van der Waals surface area contributed by atoms with E-state index in [0.29, 0.717) is 0 Å². The van der Waals surface area contributed by atoms with E-state index in [2.05, 4.69) is 25.2 Å². The lowest BCUT2D eigenvalue weighted by Crippen LogP contribution is -1.82. The normalized spacial score (nSPS) is 11.2. The second kappa shape index (κ2) is 4.98. The van der Waals surface area contributed by atoms with E-state index in [1.807, 2.05) is 6.92 Å². The summed E-state index contributed by atoms with van der Waals surface area (Å²) in [5, 5.41) is 0. The molecule has 0 aromatic rings. The molecule has 0 aromatic carbocycles. The molecule has 0 bridgehead atoms. The van der Waals surface area contributed by atoms with Crippen LogP contribution in [-0.4, -0.2) is 6.72 Å². The first-order valence-electron chi connectivity index (χ1n) is 3.53. The molecule has 0 saturated carbocycles. The zero-order chi connectivity index (χ0) is 7.98. The van der Waals surface area contributed by atoms with Crippen LogP contribution in [-0.2, 0) is 0 Å². The van der Waals surface area contributed by atoms with Gasteiger partial charge in [-0.15, -0.1) is 0 Å². The quantitative estimate of drug-likeness (QED) is 0.417. The first-order valence-corrected chi connectivity index (χ1v) is 3.53. The summed E-state index contributed by atoms with van der Waals surface area (Å²) in [7, 11) is 0. The molecule has 56 valence electrons. The predicted octanol–water partition coefficient (Wildman–Crippen LogP) is 2.95. The molecule has 10 heavy (non-hydrogen) atoms. The van der Waals surface area contributed by atoms with Gasteiger partial charge in [0.15, 0.2) is 0 Å². The van der Waals surface area contributed by atoms with Crippen molar-refractivity contribution < 1.29 is 0 Å². The minimum Gasteiger partial charge on any atom is -0.272 e. The van der Waals surface area contributed by atoms with Crippen molar-refractivity contribution in [1.29, 1.82) is 0 Å². The summed E-state index contributed by atoms with van der Waals surface area (Å²) in [6.45, 7) is 11.4. The van der Waals surface area contributed by atoms with E-state index in [9.17, 15) is 0 Å². The van der Waals surface area contributed by atoms with Gasteiger partial charge in [-0.05, 0) is 25.6 Å². The van der Waals surface area contributed by atoms with Crippen molar-refractivity contribution in [1.82, 2.24) is 0 Å². The van der Waals surface area contributed by atoms with Crippen LogP contribution in [0.3, 0.4) is 0 Å². The van der Waals surface area contributed by atoms with Crippen molar-refractivity contribution in [3.05, 3.63) is 23.9 Å². The molecule has 0 heterocycles. The first-order chi connectivity index (χ1) is 4.72. The van der Waals surface area contributed by atoms with Crippen LogP contribution in [0.5, 0.6) is 0 Å². The third-order valence-electron chi connectivity index (χ3n) is 1.31. The van der Waals surface area contributed by atoms with E-state index in [0.717, 1.165) is 18.4 Å². The zero-order valence-corrected chi connectivity index (χ0v) is 6.85. The van der Waals surface area contributed by atoms with Gasteiger partial charge in [-0.2, -0.15) is 0 Å². The van der Waals surface area contributed by atoms with Crippen LogP contribution in [0.4, 0.5) is 0 Å². The van der Waals surface area contributed by atoms with Gasteiger partial charge >= 0.3 is 0 Å². The molecule has 0 fully saturated rings. The summed E-state index contributed by atoms with van der Waals surface area (Å²) in [6.07, 6.45) is 3.97. The number of allylic oxidation sites excluding steroid dienone is 2. The third-order valence-corrected chi connectivity index (χ3v) is 1.31. The summed E-state index contributed by atoms with van der Waals surface area (Å²) in [4.78, 5) is 3.70. The van der Waals surface area contributed by atoms with Gasteiger partial charge < -0.3 is 0 Å². The van der Waals surface area contributed by atoms with Crippen molar-refractivity contribution in [3.63, 3.8) is 0 Å². The van der Waals surface area contributed by atoms with Crippen molar-refractivity contribution in [2.24, 2.45) is 4.99 Å². The lowest BCUT2D eigenvalue weighted by molar-refractivity contribution is 0.909. The van der Waals surface area contributed by atoms with E-state index in [4.69, 9.17) is 0 Å². The van der Waals surface area contributed by atoms with Gasteiger partial charge in [0.25, 0.3) is 0 Å². The second-order valence-electron chi connectivity index (χ2n) is 2.37. The Balaban J connectivity index is 4.11. The summed E-state index contributed by atoms with van der Waals surface area (Å²) >= 11 is 0. The molecular weight excluding hydrogens is 122 g/mol. The molecule has 0 aliphatic rings. The van der Waals surface area contributed by atoms with Crippen molar-refractivity contribution in [3.8, 4) is 0 Å². The smallest absolute Gasteiger partial charge is 0.0295 e. The Hall–Kier alpha value is -0.850. The van der Waals surface area contributed by atoms with Gasteiger partial charge in [-0.25, -0.2) is 0 Å². The molecule has 0 amide bonds. The standard InChI is InChI=1S/C9H15N/c1-5-6-9(7-10-4)8(2)3/h7H,2,4-6H2,1,3H3/b9-7-. The summed E-state index contributed by atoms with van der Waals surface area (Å²) in [5.74, 6) is 0. The van der Waals surface area contributed by atoms with Crippen LogP contribution in [0, 0.1) is 0 Å². The Morgan fingerprint density at radius 1 is 1.60 bits per heavy atom. The zero-order valence-electron chi connectivity index (χ0n) is 6.85. The molecule has 1 heteroatoms. The molecule has 0 saturated heterocycles. The molecule has 0 aliphatic carbocycles. The Kier molecular flexibility index (Phi) is 4.55. The van der Waals surface area contributed by atoms with Gasteiger partial charge in [0, 0.05) is 6.20 Å². The maximum Gasteiger partial charge on any atom is 0.0295 e. The third kappa shape index (κ3) is 3.23. The van der Waals surface area contributed by atoms with E-state index < -0.39 is 0 Å². The summed E-state index contributed by atoms with van der Waals surface area (Å²) in [6, 6.07) is 0. The van der Waals surface area contributed by atoms with Gasteiger partial charge in [-0.3, -0.25) is 4.99 Å². The number of nitrogens with zero attached hydrogens (tertiary/aromatic N) is 1. The van der Waals surface area contributed by atoms with Gasteiger partial charge in [0.2, 0.25) is 0 Å². The van der Waals surface area contributed by atoms with Crippen LogP contribution < -0.4 is 0 Å². The topological polar surface area (TPSA) is 12.4 Å². The van der Waals surface area contributed by atoms with Crippen LogP contribution >= 0.6 is 0 Å². The highest BCUT2D eigenvalue weighted by molar-refractivity contribution is 5.31. The summed E-state index contributed by atoms with van der Waals surface area (Å²) in [5.41, 5.74) is 2.30. The van der Waals surface area contributed by atoms with E-state index in [1.165, 1.54) is 5.57 Å². The number of hydrogen-bond donors (Lipinski definition) is 0. The minimum atomic E-state index is 1.05. The van der Waals surface area contributed by atoms with Crippen molar-refractivity contribution in [2.75, 3.05) is 0 Å². The molecule has 0 aromatic heterocycles. The fourth-order valence-corrected chi connectivity index (χ4v) is 0.768.